The van der Waals surface area contributed by atoms with Gasteiger partial charge in [-0.25, -0.2) is 27.5 Å². The summed E-state index contributed by atoms with van der Waals surface area (Å²) in [6, 6.07) is 3.44. The lowest BCUT2D eigenvalue weighted by molar-refractivity contribution is 0.0679. The van der Waals surface area contributed by atoms with Crippen LogP contribution < -0.4 is 10.6 Å². The second kappa shape index (κ2) is 7.77. The molecule has 1 aliphatic carbocycles. The molecular weight excluding hydrogens is 482 g/mol. The van der Waals surface area contributed by atoms with Crippen molar-refractivity contribution >= 4 is 44.4 Å². The van der Waals surface area contributed by atoms with E-state index in [-0.39, 0.29) is 36.0 Å². The Morgan fingerprint density at radius 3 is 2.55 bits per heavy atom. The third-order valence-electron chi connectivity index (χ3n) is 5.19. The van der Waals surface area contributed by atoms with Crippen LogP contribution in [0.2, 0.25) is 0 Å². The summed E-state index contributed by atoms with van der Waals surface area (Å²) >= 11 is 3.26. The van der Waals surface area contributed by atoms with Crippen LogP contribution in [-0.4, -0.2) is 32.4 Å². The number of hydrogen-bond acceptors (Lipinski definition) is 4. The molecule has 0 unspecified atom stereocenters. The van der Waals surface area contributed by atoms with Gasteiger partial charge in [0.25, 0.3) is 12.3 Å². The molecule has 0 spiro atoms. The van der Waals surface area contributed by atoms with Crippen molar-refractivity contribution in [2.45, 2.75) is 44.7 Å². The van der Waals surface area contributed by atoms with Crippen molar-refractivity contribution in [3.8, 4) is 0 Å². The predicted molar refractivity (Wildman–Crippen MR) is 111 cm³/mol. The first-order valence-corrected chi connectivity index (χ1v) is 10.3. The predicted octanol–water partition coefficient (Wildman–Crippen LogP) is 5.32. The van der Waals surface area contributed by atoms with Crippen LogP contribution in [0.3, 0.4) is 0 Å². The van der Waals surface area contributed by atoms with Crippen molar-refractivity contribution in [2.75, 3.05) is 5.32 Å². The van der Waals surface area contributed by atoms with Gasteiger partial charge < -0.3 is 15.2 Å². The number of rotatable bonds is 6. The summed E-state index contributed by atoms with van der Waals surface area (Å²) in [6.45, 7) is 3.85. The number of fused-ring (bicyclic) bond motifs is 1. The molecule has 0 radical (unpaired) electrons. The third kappa shape index (κ3) is 3.98. The van der Waals surface area contributed by atoms with Crippen molar-refractivity contribution in [1.82, 2.24) is 19.9 Å². The average Bonchev–Trinajstić information content (AvgIpc) is 3.35. The molecule has 1 fully saturated rings. The lowest BCUT2D eigenvalue weighted by Crippen LogP contribution is -2.42. The Labute approximate surface area is 183 Å². The lowest BCUT2D eigenvalue weighted by atomic mass is 10.1. The highest BCUT2D eigenvalue weighted by atomic mass is 79.9. The molecule has 1 aromatic carbocycles. The molecule has 2 aromatic heterocycles. The van der Waals surface area contributed by atoms with Gasteiger partial charge in [-0.3, -0.25) is 4.79 Å². The normalized spacial score (nSPS) is 15.0. The number of nitrogens with one attached hydrogen (secondary N) is 2. The Morgan fingerprint density at radius 2 is 1.94 bits per heavy atom. The zero-order valence-electron chi connectivity index (χ0n) is 16.5. The van der Waals surface area contributed by atoms with Crippen LogP contribution in [0, 0.1) is 11.6 Å². The van der Waals surface area contributed by atoms with Crippen molar-refractivity contribution in [3.05, 3.63) is 46.3 Å². The van der Waals surface area contributed by atoms with Crippen molar-refractivity contribution in [1.29, 1.82) is 0 Å². The number of benzene rings is 1. The molecule has 0 atom stereocenters. The zero-order valence-corrected chi connectivity index (χ0v) is 18.1. The van der Waals surface area contributed by atoms with E-state index in [2.05, 4.69) is 36.5 Å². The van der Waals surface area contributed by atoms with Crippen LogP contribution in [0.15, 0.2) is 29.1 Å². The van der Waals surface area contributed by atoms with Crippen LogP contribution in [-0.2, 0) is 0 Å². The minimum Gasteiger partial charge on any atom is -0.341 e. The fourth-order valence-electron chi connectivity index (χ4n) is 3.28. The smallest absolute Gasteiger partial charge is 0.261 e. The van der Waals surface area contributed by atoms with Gasteiger partial charge in [-0.15, -0.1) is 0 Å². The van der Waals surface area contributed by atoms with Crippen molar-refractivity contribution in [3.63, 3.8) is 0 Å². The van der Waals surface area contributed by atoms with E-state index in [1.165, 1.54) is 0 Å². The maximum atomic E-state index is 14.5. The monoisotopic (exact) mass is 499 g/mol. The number of nitrogens with zero attached hydrogens (tertiary/aromatic N) is 3. The summed E-state index contributed by atoms with van der Waals surface area (Å²) in [5.74, 6) is -3.23. The summed E-state index contributed by atoms with van der Waals surface area (Å²) in [5.41, 5.74) is -1.10. The average molecular weight is 500 g/mol. The molecule has 0 saturated heterocycles. The molecule has 1 aliphatic rings. The molecule has 11 heteroatoms. The van der Waals surface area contributed by atoms with Crippen molar-refractivity contribution < 1.29 is 22.4 Å². The maximum absolute atomic E-state index is 14.5. The van der Waals surface area contributed by atoms with Gasteiger partial charge in [-0.1, -0.05) is 0 Å². The highest BCUT2D eigenvalue weighted by molar-refractivity contribution is 9.10. The van der Waals surface area contributed by atoms with E-state index < -0.39 is 29.5 Å². The number of alkyl halides is 2. The number of carbonyl (C=O) groups excluding carboxylic acids is 1. The topological polar surface area (TPSA) is 71.8 Å². The maximum Gasteiger partial charge on any atom is 0.261 e. The number of anilines is 2. The molecule has 3 aromatic rings. The highest BCUT2D eigenvalue weighted by Gasteiger charge is 2.52. The summed E-state index contributed by atoms with van der Waals surface area (Å²) in [6.07, 6.45) is -0.876. The first-order valence-electron chi connectivity index (χ1n) is 9.51. The SMILES string of the molecule is CC(C)n1cnc2cc(Br)nc(Nc3cc(C(=O)NC4(C(F)F)CC4)cc(F)c3F)c21. The van der Waals surface area contributed by atoms with Crippen LogP contribution in [0.4, 0.5) is 29.1 Å². The summed E-state index contributed by atoms with van der Waals surface area (Å²) in [5, 5.41) is 4.97. The highest BCUT2D eigenvalue weighted by Crippen LogP contribution is 2.41. The largest absolute Gasteiger partial charge is 0.341 e. The second-order valence-electron chi connectivity index (χ2n) is 7.76. The number of amides is 1. The van der Waals surface area contributed by atoms with E-state index in [9.17, 15) is 22.4 Å². The number of carbonyl (C=O) groups is 1. The van der Waals surface area contributed by atoms with Crippen molar-refractivity contribution in [2.24, 2.45) is 0 Å². The molecule has 2 N–H and O–H groups in total. The lowest BCUT2D eigenvalue weighted by Gasteiger charge is -2.17. The Morgan fingerprint density at radius 1 is 1.23 bits per heavy atom. The third-order valence-corrected chi connectivity index (χ3v) is 5.60. The molecule has 6 nitrogen and oxygen atoms in total. The van der Waals surface area contributed by atoms with Gasteiger partial charge in [0.05, 0.1) is 17.5 Å². The molecule has 0 aliphatic heterocycles. The van der Waals surface area contributed by atoms with E-state index in [0.717, 1.165) is 6.07 Å². The number of imidazole rings is 1. The molecule has 1 saturated carbocycles. The molecule has 31 heavy (non-hydrogen) atoms. The molecule has 0 bridgehead atoms. The number of hydrogen-bond donors (Lipinski definition) is 2. The van der Waals surface area contributed by atoms with Gasteiger partial charge in [0.15, 0.2) is 17.5 Å². The van der Waals surface area contributed by atoms with E-state index in [1.807, 2.05) is 13.8 Å². The standard InChI is InChI=1S/C20H18BrF4N5O/c1-9(2)30-8-26-13-7-14(21)28-17(16(13)30)27-12-6-10(5-11(22)15(12)23)18(31)29-20(3-4-20)19(24)25/h5-9,19H,3-4H2,1-2H3,(H,27,28)(H,29,31). The van der Waals surface area contributed by atoms with Crippen LogP contribution in [0.25, 0.3) is 11.0 Å². The Balaban J connectivity index is 1.73. The van der Waals surface area contributed by atoms with E-state index in [0.29, 0.717) is 21.7 Å². The second-order valence-corrected chi connectivity index (χ2v) is 8.57. The van der Waals surface area contributed by atoms with Gasteiger partial charge in [0.1, 0.15) is 15.7 Å². The van der Waals surface area contributed by atoms with Gasteiger partial charge in [0, 0.05) is 11.6 Å². The Bertz CT molecular complexity index is 1180. The van der Waals surface area contributed by atoms with Crippen LogP contribution >= 0.6 is 15.9 Å². The first-order chi connectivity index (χ1) is 14.6. The fraction of sp³-hybridized carbons (Fsp3) is 0.350. The van der Waals surface area contributed by atoms with Gasteiger partial charge in [-0.2, -0.15) is 0 Å². The Kier molecular flexibility index (Phi) is 5.40. The molecule has 164 valence electrons. The number of pyridine rings is 1. The van der Waals surface area contributed by atoms with Crippen LogP contribution in [0.5, 0.6) is 0 Å². The van der Waals surface area contributed by atoms with Gasteiger partial charge in [0.2, 0.25) is 0 Å². The number of halogens is 5. The quantitative estimate of drug-likeness (QED) is 0.355. The molecule has 2 heterocycles. The fourth-order valence-corrected chi connectivity index (χ4v) is 3.67. The van der Waals surface area contributed by atoms with Gasteiger partial charge >= 0.3 is 0 Å². The molecular formula is C20H18BrF4N5O. The number of aromatic nitrogens is 3. The summed E-state index contributed by atoms with van der Waals surface area (Å²) in [4.78, 5) is 21.1. The Hall–Kier alpha value is -2.69. The van der Waals surface area contributed by atoms with E-state index in [4.69, 9.17) is 0 Å². The molecule has 4 rings (SSSR count). The van der Waals surface area contributed by atoms with Crippen LogP contribution in [0.1, 0.15) is 43.1 Å². The minimum atomic E-state index is -2.74. The van der Waals surface area contributed by atoms with E-state index in [1.54, 1.807) is 17.0 Å². The zero-order chi connectivity index (χ0) is 22.5. The van der Waals surface area contributed by atoms with E-state index >= 15 is 0 Å². The molecule has 1 amide bonds. The minimum absolute atomic E-state index is 0.0105. The van der Waals surface area contributed by atoms with Gasteiger partial charge in [-0.05, 0) is 60.8 Å². The first kappa shape index (κ1) is 21.5. The summed E-state index contributed by atoms with van der Waals surface area (Å²) < 4.78 is 57.3. The summed E-state index contributed by atoms with van der Waals surface area (Å²) in [7, 11) is 0.